The van der Waals surface area contributed by atoms with Gasteiger partial charge in [-0.15, -0.1) is 0 Å². The van der Waals surface area contributed by atoms with E-state index in [0.717, 1.165) is 18.0 Å². The van der Waals surface area contributed by atoms with Crippen molar-refractivity contribution in [2.24, 2.45) is 10.8 Å². The van der Waals surface area contributed by atoms with Crippen LogP contribution in [0.1, 0.15) is 34.6 Å². The molecule has 1 aliphatic rings. The fraction of sp³-hybridized carbons (Fsp3) is 0.647. The first kappa shape index (κ1) is 15.2. The summed E-state index contributed by atoms with van der Waals surface area (Å²) in [6.45, 7) is 13.4. The highest BCUT2D eigenvalue weighted by Crippen LogP contribution is 2.62. The van der Waals surface area contributed by atoms with Gasteiger partial charge in [0.05, 0.1) is 6.61 Å². The van der Waals surface area contributed by atoms with Crippen molar-refractivity contribution in [2.45, 2.75) is 40.7 Å². The van der Waals surface area contributed by atoms with Gasteiger partial charge < -0.3 is 14.8 Å². The zero-order valence-corrected chi connectivity index (χ0v) is 13.3. The molecule has 0 aromatic heterocycles. The molecular weight excluding hydrogens is 250 g/mol. The van der Waals surface area contributed by atoms with Crippen molar-refractivity contribution < 1.29 is 9.47 Å². The number of hydrogen-bond acceptors (Lipinski definition) is 3. The topological polar surface area (TPSA) is 30.5 Å². The van der Waals surface area contributed by atoms with E-state index in [4.69, 9.17) is 9.47 Å². The maximum absolute atomic E-state index is 5.82. The van der Waals surface area contributed by atoms with Gasteiger partial charge in [-0.05, 0) is 29.9 Å². The number of nitrogens with one attached hydrogen (secondary N) is 1. The largest absolute Gasteiger partial charge is 0.490 e. The lowest BCUT2D eigenvalue weighted by molar-refractivity contribution is 0.273. The molecule has 1 aliphatic carbocycles. The number of ether oxygens (including phenoxy) is 2. The SMILES string of the molecule is CCOc1ccccc1OCCNC1C(C)(C)C1(C)C. The summed E-state index contributed by atoms with van der Waals surface area (Å²) in [4.78, 5) is 0. The van der Waals surface area contributed by atoms with Crippen LogP contribution in [0.15, 0.2) is 24.3 Å². The van der Waals surface area contributed by atoms with Crippen molar-refractivity contribution in [1.82, 2.24) is 5.32 Å². The van der Waals surface area contributed by atoms with Gasteiger partial charge in [-0.3, -0.25) is 0 Å². The molecule has 3 heteroatoms. The lowest BCUT2D eigenvalue weighted by Gasteiger charge is -2.12. The van der Waals surface area contributed by atoms with Gasteiger partial charge in [0.15, 0.2) is 11.5 Å². The minimum atomic E-state index is 0.371. The summed E-state index contributed by atoms with van der Waals surface area (Å²) in [6, 6.07) is 8.40. The molecule has 0 radical (unpaired) electrons. The third-order valence-corrected chi connectivity index (χ3v) is 4.88. The van der Waals surface area contributed by atoms with Crippen LogP contribution in [0.4, 0.5) is 0 Å². The fourth-order valence-electron chi connectivity index (χ4n) is 2.92. The lowest BCUT2D eigenvalue weighted by atomic mass is 10.0. The second-order valence-electron chi connectivity index (χ2n) is 6.56. The maximum atomic E-state index is 5.82. The van der Waals surface area contributed by atoms with Crippen LogP contribution in [0.5, 0.6) is 11.5 Å². The van der Waals surface area contributed by atoms with Crippen LogP contribution in [0, 0.1) is 10.8 Å². The van der Waals surface area contributed by atoms with Gasteiger partial charge in [0.1, 0.15) is 6.61 Å². The van der Waals surface area contributed by atoms with E-state index in [1.54, 1.807) is 0 Å². The smallest absolute Gasteiger partial charge is 0.161 e. The highest BCUT2D eigenvalue weighted by atomic mass is 16.5. The Morgan fingerprint density at radius 1 is 1.00 bits per heavy atom. The van der Waals surface area contributed by atoms with Gasteiger partial charge in [0.2, 0.25) is 0 Å². The quantitative estimate of drug-likeness (QED) is 0.774. The molecule has 0 atom stereocenters. The molecule has 3 nitrogen and oxygen atoms in total. The summed E-state index contributed by atoms with van der Waals surface area (Å²) < 4.78 is 11.4. The van der Waals surface area contributed by atoms with Crippen molar-refractivity contribution >= 4 is 0 Å². The van der Waals surface area contributed by atoms with Crippen LogP contribution in [0.25, 0.3) is 0 Å². The third kappa shape index (κ3) is 2.78. The second-order valence-corrected chi connectivity index (χ2v) is 6.56. The monoisotopic (exact) mass is 277 g/mol. The Kier molecular flexibility index (Phi) is 4.28. The number of para-hydroxylation sites is 2. The number of rotatable bonds is 7. The summed E-state index contributed by atoms with van der Waals surface area (Å²) in [5, 5.41) is 3.59. The zero-order chi connectivity index (χ0) is 14.8. The predicted octanol–water partition coefficient (Wildman–Crippen LogP) is 3.49. The minimum Gasteiger partial charge on any atom is -0.490 e. The van der Waals surface area contributed by atoms with E-state index >= 15 is 0 Å². The average Bonchev–Trinajstić information content (AvgIpc) is 2.78. The Balaban J connectivity index is 1.77. The highest BCUT2D eigenvalue weighted by molar-refractivity contribution is 5.39. The molecule has 1 saturated carbocycles. The van der Waals surface area contributed by atoms with Crippen LogP contribution in [0.2, 0.25) is 0 Å². The molecule has 1 aromatic rings. The molecular formula is C17H27NO2. The van der Waals surface area contributed by atoms with E-state index in [1.807, 2.05) is 31.2 Å². The summed E-state index contributed by atoms with van der Waals surface area (Å²) in [5.74, 6) is 1.65. The van der Waals surface area contributed by atoms with E-state index < -0.39 is 0 Å². The van der Waals surface area contributed by atoms with Gasteiger partial charge in [0, 0.05) is 12.6 Å². The molecule has 1 N–H and O–H groups in total. The normalized spacial score (nSPS) is 19.6. The Labute approximate surface area is 122 Å². The van der Waals surface area contributed by atoms with E-state index in [1.165, 1.54) is 0 Å². The molecule has 0 heterocycles. The maximum Gasteiger partial charge on any atom is 0.161 e. The van der Waals surface area contributed by atoms with Crippen LogP contribution in [-0.2, 0) is 0 Å². The van der Waals surface area contributed by atoms with Gasteiger partial charge >= 0.3 is 0 Å². The number of hydrogen-bond donors (Lipinski definition) is 1. The van der Waals surface area contributed by atoms with E-state index in [9.17, 15) is 0 Å². The van der Waals surface area contributed by atoms with Crippen molar-refractivity contribution in [2.75, 3.05) is 19.8 Å². The number of benzene rings is 1. The van der Waals surface area contributed by atoms with Crippen LogP contribution < -0.4 is 14.8 Å². The Morgan fingerprint density at radius 3 is 2.05 bits per heavy atom. The molecule has 112 valence electrons. The van der Waals surface area contributed by atoms with Crippen molar-refractivity contribution in [3.63, 3.8) is 0 Å². The second kappa shape index (κ2) is 5.65. The Hall–Kier alpha value is -1.22. The Bertz CT molecular complexity index is 440. The standard InChI is InChI=1S/C17H27NO2/c1-6-19-13-9-7-8-10-14(13)20-12-11-18-15-16(2,3)17(15,4)5/h7-10,15,18H,6,11-12H2,1-5H3. The first-order chi connectivity index (χ1) is 9.41. The summed E-state index contributed by atoms with van der Waals surface area (Å²) in [7, 11) is 0. The molecule has 0 unspecified atom stereocenters. The predicted molar refractivity (Wildman–Crippen MR) is 82.5 cm³/mol. The van der Waals surface area contributed by atoms with Crippen molar-refractivity contribution in [3.8, 4) is 11.5 Å². The van der Waals surface area contributed by atoms with Crippen LogP contribution >= 0.6 is 0 Å². The molecule has 0 saturated heterocycles. The summed E-state index contributed by atoms with van der Waals surface area (Å²) in [5.41, 5.74) is 0.743. The first-order valence-corrected chi connectivity index (χ1v) is 7.49. The molecule has 20 heavy (non-hydrogen) atoms. The average molecular weight is 277 g/mol. The van der Waals surface area contributed by atoms with Crippen LogP contribution in [0.3, 0.4) is 0 Å². The first-order valence-electron chi connectivity index (χ1n) is 7.49. The summed E-state index contributed by atoms with van der Waals surface area (Å²) >= 11 is 0. The molecule has 0 amide bonds. The Morgan fingerprint density at radius 2 is 1.55 bits per heavy atom. The van der Waals surface area contributed by atoms with Gasteiger partial charge in [-0.2, -0.15) is 0 Å². The molecule has 2 rings (SSSR count). The summed E-state index contributed by atoms with van der Waals surface area (Å²) in [6.07, 6.45) is 0. The van der Waals surface area contributed by atoms with Gasteiger partial charge in [-0.25, -0.2) is 0 Å². The van der Waals surface area contributed by atoms with Gasteiger partial charge in [0.25, 0.3) is 0 Å². The fourth-order valence-corrected chi connectivity index (χ4v) is 2.92. The van der Waals surface area contributed by atoms with Crippen molar-refractivity contribution in [3.05, 3.63) is 24.3 Å². The van der Waals surface area contributed by atoms with E-state index in [2.05, 4.69) is 33.0 Å². The van der Waals surface area contributed by atoms with Gasteiger partial charge in [-0.1, -0.05) is 39.8 Å². The molecule has 0 aliphatic heterocycles. The zero-order valence-electron chi connectivity index (χ0n) is 13.3. The molecule has 0 spiro atoms. The van der Waals surface area contributed by atoms with Crippen molar-refractivity contribution in [1.29, 1.82) is 0 Å². The third-order valence-electron chi connectivity index (χ3n) is 4.88. The highest BCUT2D eigenvalue weighted by Gasteiger charge is 2.64. The molecule has 0 bridgehead atoms. The van der Waals surface area contributed by atoms with E-state index in [-0.39, 0.29) is 0 Å². The molecule has 1 aromatic carbocycles. The minimum absolute atomic E-state index is 0.371. The van der Waals surface area contributed by atoms with E-state index in [0.29, 0.717) is 30.1 Å². The van der Waals surface area contributed by atoms with Crippen LogP contribution in [-0.4, -0.2) is 25.8 Å². The lowest BCUT2D eigenvalue weighted by Crippen LogP contribution is -2.27. The molecule has 1 fully saturated rings.